The van der Waals surface area contributed by atoms with Gasteiger partial charge in [0.15, 0.2) is 6.61 Å². The molecule has 0 radical (unpaired) electrons. The van der Waals surface area contributed by atoms with Gasteiger partial charge in [-0.3, -0.25) is 4.79 Å². The number of ether oxygens (including phenoxy) is 2. The van der Waals surface area contributed by atoms with Gasteiger partial charge in [-0.1, -0.05) is 18.2 Å². The zero-order chi connectivity index (χ0) is 14.6. The molecule has 0 aliphatic rings. The Morgan fingerprint density at radius 3 is 2.95 bits per heavy atom. The van der Waals surface area contributed by atoms with Gasteiger partial charge < -0.3 is 14.8 Å². The van der Waals surface area contributed by atoms with Gasteiger partial charge in [0.25, 0.3) is 0 Å². The smallest absolute Gasteiger partial charge is 0.305 e. The number of hydrogen-bond donors (Lipinski definition) is 1. The number of carbonyl (C=O) groups excluding carboxylic acids is 1. The standard InChI is InChI=1S/C15H20N2O3/c1-2-19-15(18)8-5-10-17-12-13-6-3-4-7-14(13)20-11-9-16/h3-4,6-7,17H,2,5,8,10-12H2,1H3. The predicted octanol–water partition coefficient (Wildman–Crippen LogP) is 2.02. The number of para-hydroxylation sites is 1. The molecule has 20 heavy (non-hydrogen) atoms. The lowest BCUT2D eigenvalue weighted by atomic mass is 10.2. The lowest BCUT2D eigenvalue weighted by Gasteiger charge is -2.10. The van der Waals surface area contributed by atoms with Gasteiger partial charge in [-0.05, 0) is 26.0 Å². The average Bonchev–Trinajstić information content (AvgIpc) is 2.46. The minimum atomic E-state index is -0.160. The van der Waals surface area contributed by atoms with E-state index in [0.29, 0.717) is 25.3 Å². The van der Waals surface area contributed by atoms with E-state index in [4.69, 9.17) is 14.7 Å². The van der Waals surface area contributed by atoms with E-state index in [2.05, 4.69) is 5.32 Å². The van der Waals surface area contributed by atoms with E-state index < -0.39 is 0 Å². The number of benzene rings is 1. The van der Waals surface area contributed by atoms with Crippen molar-refractivity contribution in [2.75, 3.05) is 19.8 Å². The molecule has 1 aromatic carbocycles. The molecule has 5 nitrogen and oxygen atoms in total. The van der Waals surface area contributed by atoms with E-state index in [1.165, 1.54) is 0 Å². The molecule has 5 heteroatoms. The van der Waals surface area contributed by atoms with Crippen molar-refractivity contribution < 1.29 is 14.3 Å². The van der Waals surface area contributed by atoms with Crippen LogP contribution in [0.25, 0.3) is 0 Å². The molecular formula is C15H20N2O3. The van der Waals surface area contributed by atoms with E-state index in [1.807, 2.05) is 30.3 Å². The van der Waals surface area contributed by atoms with Gasteiger partial charge in [-0.2, -0.15) is 5.26 Å². The predicted molar refractivity (Wildman–Crippen MR) is 75.1 cm³/mol. The second-order valence-corrected chi connectivity index (χ2v) is 4.14. The van der Waals surface area contributed by atoms with Crippen LogP contribution in [0.3, 0.4) is 0 Å². The lowest BCUT2D eigenvalue weighted by molar-refractivity contribution is -0.143. The Morgan fingerprint density at radius 1 is 1.40 bits per heavy atom. The van der Waals surface area contributed by atoms with Gasteiger partial charge in [-0.25, -0.2) is 0 Å². The van der Waals surface area contributed by atoms with Crippen molar-refractivity contribution in [1.29, 1.82) is 5.26 Å². The summed E-state index contributed by atoms with van der Waals surface area (Å²) in [5.41, 5.74) is 0.999. The number of carbonyl (C=O) groups is 1. The molecule has 1 rings (SSSR count). The first-order valence-corrected chi connectivity index (χ1v) is 6.72. The normalized spacial score (nSPS) is 9.80. The maximum absolute atomic E-state index is 11.1. The summed E-state index contributed by atoms with van der Waals surface area (Å²) in [6.07, 6.45) is 1.16. The molecule has 0 bridgehead atoms. The summed E-state index contributed by atoms with van der Waals surface area (Å²) in [5.74, 6) is 0.555. The van der Waals surface area contributed by atoms with Crippen LogP contribution in [0.5, 0.6) is 5.75 Å². The zero-order valence-electron chi connectivity index (χ0n) is 11.7. The van der Waals surface area contributed by atoms with Gasteiger partial charge in [0, 0.05) is 18.5 Å². The highest BCUT2D eigenvalue weighted by Gasteiger charge is 2.03. The number of nitrogens with one attached hydrogen (secondary N) is 1. The molecule has 0 saturated carbocycles. The molecule has 1 aromatic rings. The summed E-state index contributed by atoms with van der Waals surface area (Å²) < 4.78 is 10.2. The Bertz CT molecular complexity index is 455. The fourth-order valence-electron chi connectivity index (χ4n) is 1.71. The summed E-state index contributed by atoms with van der Waals surface area (Å²) in [6.45, 7) is 3.64. The second-order valence-electron chi connectivity index (χ2n) is 4.14. The number of nitriles is 1. The number of rotatable bonds is 9. The molecule has 0 heterocycles. The average molecular weight is 276 g/mol. The Kier molecular flexibility index (Phi) is 7.85. The molecule has 0 aliphatic carbocycles. The zero-order valence-corrected chi connectivity index (χ0v) is 11.7. The van der Waals surface area contributed by atoms with E-state index in [-0.39, 0.29) is 12.6 Å². The highest BCUT2D eigenvalue weighted by molar-refractivity contribution is 5.69. The van der Waals surface area contributed by atoms with Crippen molar-refractivity contribution in [2.24, 2.45) is 0 Å². The van der Waals surface area contributed by atoms with Crippen molar-refractivity contribution in [1.82, 2.24) is 5.32 Å². The molecule has 0 spiro atoms. The first-order valence-electron chi connectivity index (χ1n) is 6.72. The van der Waals surface area contributed by atoms with E-state index >= 15 is 0 Å². The molecule has 0 saturated heterocycles. The maximum atomic E-state index is 11.1. The van der Waals surface area contributed by atoms with Crippen LogP contribution in [0, 0.1) is 11.3 Å². The number of hydrogen-bond acceptors (Lipinski definition) is 5. The molecule has 0 unspecified atom stereocenters. The van der Waals surface area contributed by atoms with Gasteiger partial charge in [0.05, 0.1) is 6.61 Å². The molecule has 0 aliphatic heterocycles. The Hall–Kier alpha value is -2.06. The summed E-state index contributed by atoms with van der Waals surface area (Å²) >= 11 is 0. The van der Waals surface area contributed by atoms with Gasteiger partial charge >= 0.3 is 5.97 Å². The molecule has 0 fully saturated rings. The van der Waals surface area contributed by atoms with Crippen LogP contribution in [-0.2, 0) is 16.1 Å². The lowest BCUT2D eigenvalue weighted by Crippen LogP contribution is -2.17. The van der Waals surface area contributed by atoms with Crippen LogP contribution in [0.1, 0.15) is 25.3 Å². The minimum absolute atomic E-state index is 0.0415. The Morgan fingerprint density at radius 2 is 2.20 bits per heavy atom. The van der Waals surface area contributed by atoms with Crippen molar-refractivity contribution in [3.05, 3.63) is 29.8 Å². The van der Waals surface area contributed by atoms with Crippen LogP contribution in [0.2, 0.25) is 0 Å². The topological polar surface area (TPSA) is 71.3 Å². The fraction of sp³-hybridized carbons (Fsp3) is 0.467. The van der Waals surface area contributed by atoms with Crippen molar-refractivity contribution in [3.8, 4) is 11.8 Å². The third-order valence-corrected chi connectivity index (χ3v) is 2.62. The van der Waals surface area contributed by atoms with Crippen molar-refractivity contribution in [2.45, 2.75) is 26.3 Å². The minimum Gasteiger partial charge on any atom is -0.478 e. The number of nitrogens with zero attached hydrogens (tertiary/aromatic N) is 1. The van der Waals surface area contributed by atoms with Gasteiger partial charge in [-0.15, -0.1) is 0 Å². The first-order chi connectivity index (χ1) is 9.77. The van der Waals surface area contributed by atoms with E-state index in [1.54, 1.807) is 6.92 Å². The molecule has 0 atom stereocenters. The molecular weight excluding hydrogens is 256 g/mol. The van der Waals surface area contributed by atoms with E-state index in [9.17, 15) is 4.79 Å². The fourth-order valence-corrected chi connectivity index (χ4v) is 1.71. The van der Waals surface area contributed by atoms with Gasteiger partial charge in [0.2, 0.25) is 0 Å². The van der Waals surface area contributed by atoms with Crippen LogP contribution in [-0.4, -0.2) is 25.7 Å². The highest BCUT2D eigenvalue weighted by atomic mass is 16.5. The molecule has 1 N–H and O–H groups in total. The quantitative estimate of drug-likeness (QED) is 0.552. The molecule has 0 amide bonds. The highest BCUT2D eigenvalue weighted by Crippen LogP contribution is 2.17. The monoisotopic (exact) mass is 276 g/mol. The summed E-state index contributed by atoms with van der Waals surface area (Å²) in [7, 11) is 0. The van der Waals surface area contributed by atoms with Crippen molar-refractivity contribution in [3.63, 3.8) is 0 Å². The SMILES string of the molecule is CCOC(=O)CCCNCc1ccccc1OCC#N. The summed E-state index contributed by atoms with van der Waals surface area (Å²) in [6, 6.07) is 9.54. The van der Waals surface area contributed by atoms with E-state index in [0.717, 1.165) is 18.5 Å². The largest absolute Gasteiger partial charge is 0.478 e. The third kappa shape index (κ3) is 6.21. The van der Waals surface area contributed by atoms with Crippen LogP contribution < -0.4 is 10.1 Å². The van der Waals surface area contributed by atoms with Crippen LogP contribution >= 0.6 is 0 Å². The molecule has 0 aromatic heterocycles. The second kappa shape index (κ2) is 9.82. The third-order valence-electron chi connectivity index (χ3n) is 2.62. The molecule has 108 valence electrons. The summed E-state index contributed by atoms with van der Waals surface area (Å²) in [5, 5.41) is 11.8. The number of esters is 1. The first kappa shape index (κ1) is 16.0. The Balaban J connectivity index is 2.28. The van der Waals surface area contributed by atoms with Gasteiger partial charge in [0.1, 0.15) is 11.8 Å². The van der Waals surface area contributed by atoms with Crippen molar-refractivity contribution >= 4 is 5.97 Å². The van der Waals surface area contributed by atoms with Crippen LogP contribution in [0.4, 0.5) is 0 Å². The Labute approximate surface area is 119 Å². The maximum Gasteiger partial charge on any atom is 0.305 e. The summed E-state index contributed by atoms with van der Waals surface area (Å²) in [4.78, 5) is 11.1. The van der Waals surface area contributed by atoms with Crippen LogP contribution in [0.15, 0.2) is 24.3 Å².